The molecule has 1 heterocycles. The maximum Gasteiger partial charge on any atom is 0.243 e. The minimum atomic E-state index is -3.38. The lowest BCUT2D eigenvalue weighted by atomic mass is 10.0. The van der Waals surface area contributed by atoms with Crippen LogP contribution in [0.1, 0.15) is 24.0 Å². The van der Waals surface area contributed by atoms with E-state index in [1.54, 1.807) is 10.4 Å². The van der Waals surface area contributed by atoms with E-state index in [4.69, 9.17) is 11.6 Å². The molecule has 1 unspecified atom stereocenters. The van der Waals surface area contributed by atoms with Crippen LogP contribution < -0.4 is 0 Å². The smallest absolute Gasteiger partial charge is 0.207 e. The van der Waals surface area contributed by atoms with Gasteiger partial charge >= 0.3 is 0 Å². The standard InChI is InChI=1S/C14H20ClNO2S/c1-11-5-6-12(2)14(8-11)19(17,18)16-7-3-4-13(9-15)10-16/h5-6,8,13H,3-4,7,9-10H2,1-2H3. The molecule has 0 spiro atoms. The third-order valence-electron chi connectivity index (χ3n) is 3.66. The topological polar surface area (TPSA) is 37.4 Å². The Labute approximate surface area is 120 Å². The highest BCUT2D eigenvalue weighted by atomic mass is 35.5. The van der Waals surface area contributed by atoms with E-state index in [1.807, 2.05) is 26.0 Å². The van der Waals surface area contributed by atoms with Crippen molar-refractivity contribution in [1.29, 1.82) is 0 Å². The summed E-state index contributed by atoms with van der Waals surface area (Å²) in [6.45, 7) is 4.90. The van der Waals surface area contributed by atoms with Crippen LogP contribution in [0.3, 0.4) is 0 Å². The van der Waals surface area contributed by atoms with Crippen LogP contribution >= 0.6 is 11.6 Å². The SMILES string of the molecule is Cc1ccc(C)c(S(=O)(=O)N2CCCC(CCl)C2)c1. The van der Waals surface area contributed by atoms with Crippen LogP contribution in [-0.2, 0) is 10.0 Å². The molecule has 1 fully saturated rings. The highest BCUT2D eigenvalue weighted by Gasteiger charge is 2.30. The Morgan fingerprint density at radius 3 is 2.79 bits per heavy atom. The van der Waals surface area contributed by atoms with E-state index in [9.17, 15) is 8.42 Å². The molecule has 0 N–H and O–H groups in total. The zero-order chi connectivity index (χ0) is 14.0. The lowest BCUT2D eigenvalue weighted by Gasteiger charge is -2.31. The second-order valence-electron chi connectivity index (χ2n) is 5.29. The van der Waals surface area contributed by atoms with Crippen molar-refractivity contribution in [2.24, 2.45) is 5.92 Å². The number of hydrogen-bond donors (Lipinski definition) is 0. The second kappa shape index (κ2) is 5.81. The van der Waals surface area contributed by atoms with Crippen LogP contribution in [0, 0.1) is 19.8 Å². The molecule has 19 heavy (non-hydrogen) atoms. The van der Waals surface area contributed by atoms with Crippen molar-refractivity contribution in [3.05, 3.63) is 29.3 Å². The lowest BCUT2D eigenvalue weighted by Crippen LogP contribution is -2.40. The molecule has 0 aromatic heterocycles. The summed E-state index contributed by atoms with van der Waals surface area (Å²) in [7, 11) is -3.38. The quantitative estimate of drug-likeness (QED) is 0.805. The molecule has 1 aliphatic heterocycles. The van der Waals surface area contributed by atoms with E-state index in [0.29, 0.717) is 23.9 Å². The Hall–Kier alpha value is -0.580. The predicted octanol–water partition coefficient (Wildman–Crippen LogP) is 2.94. The van der Waals surface area contributed by atoms with Crippen LogP contribution in [0.5, 0.6) is 0 Å². The van der Waals surface area contributed by atoms with E-state index in [1.165, 1.54) is 0 Å². The molecule has 0 aliphatic carbocycles. The Kier molecular flexibility index (Phi) is 4.54. The van der Waals surface area contributed by atoms with E-state index in [0.717, 1.165) is 24.0 Å². The molecule has 1 saturated heterocycles. The van der Waals surface area contributed by atoms with Crippen LogP contribution in [-0.4, -0.2) is 31.7 Å². The number of hydrogen-bond acceptors (Lipinski definition) is 2. The fourth-order valence-corrected chi connectivity index (χ4v) is 4.61. The molecule has 0 radical (unpaired) electrons. The van der Waals surface area contributed by atoms with Gasteiger partial charge in [-0.2, -0.15) is 4.31 Å². The predicted molar refractivity (Wildman–Crippen MR) is 78.1 cm³/mol. The summed E-state index contributed by atoms with van der Waals surface area (Å²) in [6.07, 6.45) is 1.91. The lowest BCUT2D eigenvalue weighted by molar-refractivity contribution is 0.283. The molecule has 5 heteroatoms. The van der Waals surface area contributed by atoms with Crippen LogP contribution in [0.25, 0.3) is 0 Å². The van der Waals surface area contributed by atoms with E-state index in [-0.39, 0.29) is 5.92 Å². The average molecular weight is 302 g/mol. The molecule has 1 aromatic rings. The van der Waals surface area contributed by atoms with Gasteiger partial charge in [-0.3, -0.25) is 0 Å². The highest BCUT2D eigenvalue weighted by Crippen LogP contribution is 2.26. The van der Waals surface area contributed by atoms with Gasteiger partial charge in [0.05, 0.1) is 4.90 Å². The zero-order valence-electron chi connectivity index (χ0n) is 11.4. The van der Waals surface area contributed by atoms with Crippen molar-refractivity contribution in [2.75, 3.05) is 19.0 Å². The van der Waals surface area contributed by atoms with Gasteiger partial charge in [-0.1, -0.05) is 12.1 Å². The number of sulfonamides is 1. The molecular weight excluding hydrogens is 282 g/mol. The number of alkyl halides is 1. The number of halogens is 1. The normalized spacial score (nSPS) is 21.5. The van der Waals surface area contributed by atoms with Gasteiger partial charge in [0.1, 0.15) is 0 Å². The third-order valence-corrected chi connectivity index (χ3v) is 6.10. The van der Waals surface area contributed by atoms with Gasteiger partial charge in [0.25, 0.3) is 0 Å². The van der Waals surface area contributed by atoms with E-state index in [2.05, 4.69) is 0 Å². The van der Waals surface area contributed by atoms with Crippen molar-refractivity contribution in [2.45, 2.75) is 31.6 Å². The minimum Gasteiger partial charge on any atom is -0.207 e. The van der Waals surface area contributed by atoms with Crippen molar-refractivity contribution < 1.29 is 8.42 Å². The molecular formula is C14H20ClNO2S. The van der Waals surface area contributed by atoms with Gasteiger partial charge < -0.3 is 0 Å². The molecule has 0 saturated carbocycles. The van der Waals surface area contributed by atoms with E-state index < -0.39 is 10.0 Å². The average Bonchev–Trinajstić information content (AvgIpc) is 2.41. The summed E-state index contributed by atoms with van der Waals surface area (Å²) in [5.41, 5.74) is 1.77. The number of aryl methyl sites for hydroxylation is 2. The van der Waals surface area contributed by atoms with Gasteiger partial charge in [-0.25, -0.2) is 8.42 Å². The summed E-state index contributed by atoms with van der Waals surface area (Å²) in [5.74, 6) is 0.800. The van der Waals surface area contributed by atoms with E-state index >= 15 is 0 Å². The maximum atomic E-state index is 12.7. The second-order valence-corrected chi connectivity index (χ2v) is 7.51. The third kappa shape index (κ3) is 3.12. The first-order chi connectivity index (χ1) is 8.95. The first kappa shape index (κ1) is 14.8. The van der Waals surface area contributed by atoms with Crippen molar-refractivity contribution in [1.82, 2.24) is 4.31 Å². The molecule has 1 aromatic carbocycles. The fourth-order valence-electron chi connectivity index (χ4n) is 2.50. The Morgan fingerprint density at radius 2 is 2.11 bits per heavy atom. The van der Waals surface area contributed by atoms with Gasteiger partial charge in [0.2, 0.25) is 10.0 Å². The molecule has 0 bridgehead atoms. The molecule has 3 nitrogen and oxygen atoms in total. The molecule has 2 rings (SSSR count). The Balaban J connectivity index is 2.34. The molecule has 106 valence electrons. The summed E-state index contributed by atoms with van der Waals surface area (Å²) in [5, 5.41) is 0. The van der Waals surface area contributed by atoms with Gasteiger partial charge in [0, 0.05) is 19.0 Å². The zero-order valence-corrected chi connectivity index (χ0v) is 13.0. The summed E-state index contributed by atoms with van der Waals surface area (Å²) in [6, 6.07) is 5.56. The van der Waals surface area contributed by atoms with Crippen molar-refractivity contribution in [3.8, 4) is 0 Å². The summed E-state index contributed by atoms with van der Waals surface area (Å²) in [4.78, 5) is 0.433. The van der Waals surface area contributed by atoms with Gasteiger partial charge in [0.15, 0.2) is 0 Å². The Morgan fingerprint density at radius 1 is 1.37 bits per heavy atom. The van der Waals surface area contributed by atoms with Crippen LogP contribution in [0.15, 0.2) is 23.1 Å². The first-order valence-electron chi connectivity index (χ1n) is 6.58. The number of nitrogens with zero attached hydrogens (tertiary/aromatic N) is 1. The monoisotopic (exact) mass is 301 g/mol. The number of benzene rings is 1. The minimum absolute atomic E-state index is 0.273. The first-order valence-corrected chi connectivity index (χ1v) is 8.56. The Bertz CT molecular complexity index is 557. The number of piperidine rings is 1. The maximum absolute atomic E-state index is 12.7. The number of rotatable bonds is 3. The van der Waals surface area contributed by atoms with Crippen LogP contribution in [0.4, 0.5) is 0 Å². The van der Waals surface area contributed by atoms with Gasteiger partial charge in [-0.15, -0.1) is 11.6 Å². The van der Waals surface area contributed by atoms with Crippen molar-refractivity contribution >= 4 is 21.6 Å². The molecule has 0 amide bonds. The van der Waals surface area contributed by atoms with Crippen molar-refractivity contribution in [3.63, 3.8) is 0 Å². The van der Waals surface area contributed by atoms with Crippen LogP contribution in [0.2, 0.25) is 0 Å². The molecule has 1 atom stereocenters. The molecule has 1 aliphatic rings. The highest BCUT2D eigenvalue weighted by molar-refractivity contribution is 7.89. The summed E-state index contributed by atoms with van der Waals surface area (Å²) < 4.78 is 27.0. The largest absolute Gasteiger partial charge is 0.243 e. The fraction of sp³-hybridized carbons (Fsp3) is 0.571. The summed E-state index contributed by atoms with van der Waals surface area (Å²) >= 11 is 5.88. The van der Waals surface area contributed by atoms with Gasteiger partial charge in [-0.05, 0) is 49.8 Å².